The summed E-state index contributed by atoms with van der Waals surface area (Å²) in [5.74, 6) is -13.3. The van der Waals surface area contributed by atoms with Crippen molar-refractivity contribution in [1.29, 1.82) is 0 Å². The van der Waals surface area contributed by atoms with E-state index in [4.69, 9.17) is 79.6 Å². The van der Waals surface area contributed by atoms with Crippen LogP contribution < -0.4 is 48.6 Å². The number of nitrogens with one attached hydrogen (secondary N) is 4. The number of aliphatic hydroxyl groups is 5. The number of fused-ring (bicyclic) bond motifs is 4. The average molecular weight is 2160 g/mol. The highest BCUT2D eigenvalue weighted by atomic mass is 31.2. The van der Waals surface area contributed by atoms with Gasteiger partial charge in [0.25, 0.3) is 29.0 Å². The molecule has 4 unspecified atom stereocenters. The third kappa shape index (κ3) is 25.3. The maximum Gasteiger partial charge on any atom is 0.459 e. The van der Waals surface area contributed by atoms with Crippen molar-refractivity contribution in [3.63, 3.8) is 0 Å². The summed E-state index contributed by atoms with van der Waals surface area (Å²) in [5, 5.41) is 58.4. The van der Waals surface area contributed by atoms with Crippen molar-refractivity contribution in [1.82, 2.24) is 93.3 Å². The van der Waals surface area contributed by atoms with Crippen molar-refractivity contribution in [2.45, 2.75) is 270 Å². The first-order valence-electron chi connectivity index (χ1n) is 46.2. The zero-order chi connectivity index (χ0) is 109. The van der Waals surface area contributed by atoms with Crippen molar-refractivity contribution >= 4 is 85.8 Å². The lowest BCUT2D eigenvalue weighted by Gasteiger charge is -2.28. The van der Waals surface area contributed by atoms with Gasteiger partial charge in [-0.2, -0.15) is 30.2 Å². The van der Waals surface area contributed by atoms with E-state index in [1.807, 2.05) is 0 Å². The maximum absolute atomic E-state index is 16.2. The van der Waals surface area contributed by atoms with Gasteiger partial charge in [-0.25, -0.2) is 88.7 Å². The molecule has 4 aliphatic rings. The fourth-order valence-electron chi connectivity index (χ4n) is 15.4. The Labute approximate surface area is 840 Å². The van der Waals surface area contributed by atoms with Crippen LogP contribution in [0.4, 0.5) is 35.1 Å². The van der Waals surface area contributed by atoms with Gasteiger partial charge in [-0.1, -0.05) is 54.6 Å². The molecule has 4 fully saturated rings. The van der Waals surface area contributed by atoms with Gasteiger partial charge in [0.1, 0.15) is 85.1 Å². The Morgan fingerprint density at radius 2 is 0.642 bits per heavy atom. The number of aryl methyl sites for hydroxylation is 4. The minimum Gasteiger partial charge on any atom is -0.476 e. The highest BCUT2D eigenvalue weighted by molar-refractivity contribution is 7.52. The van der Waals surface area contributed by atoms with E-state index in [9.17, 15) is 62.1 Å². The third-order valence-corrected chi connectivity index (χ3v) is 27.3. The lowest BCUT2D eigenvalue weighted by atomic mass is 9.97. The summed E-state index contributed by atoms with van der Waals surface area (Å²) in [5.41, 5.74) is -10.7. The summed E-state index contributed by atoms with van der Waals surface area (Å²) in [4.78, 5) is 97.1. The molecule has 9 N–H and O–H groups in total. The standard InChI is InChI=1S/3C26H34F2N5O8P.C12H14F2N4O4/c3*1-7-37-21-19-20(30-17(5)31-21)33(14-29-19)24-25(6,27)23(35)26(28,40-24)13-38-42(36,41-18-11-9-8-10-12-18)32-16(4)22(34)39-15(2)3;1-5-16-7-6(8(20)17-5)15-4-18(7)10-11(2,13)9(21)12(14,3-19)22-10/h3*8-12,14-16,23-24,35H,7,13H2,1-6H3,(H,32,36);4,9-10,19,21H,3H2,1-2H3,(H,16,17,20)/t16?,23-,24+,25+,26+,42?;16?,23-,24+,25+,26+,42+;16?,23-,24+,25+,26+,42-;9-,10+,11+,12+/m0000/s1. The van der Waals surface area contributed by atoms with E-state index in [-0.39, 0.29) is 123 Å². The van der Waals surface area contributed by atoms with Crippen LogP contribution in [-0.4, -0.2) is 275 Å². The molecule has 3 aromatic carbocycles. The van der Waals surface area contributed by atoms with Gasteiger partial charge in [0.2, 0.25) is 17.6 Å². The first-order chi connectivity index (χ1) is 69.3. The number of carbonyl (C=O) groups is 3. The van der Waals surface area contributed by atoms with E-state index < -0.39 is 205 Å². The molecule has 4 aliphatic heterocycles. The molecule has 0 radical (unpaired) electrons. The van der Waals surface area contributed by atoms with Crippen LogP contribution in [0.5, 0.6) is 34.9 Å². The summed E-state index contributed by atoms with van der Waals surface area (Å²) < 4.78 is 257. The number of hydrogen-bond acceptors (Lipinski definition) is 39. The molecule has 15 rings (SSSR count). The van der Waals surface area contributed by atoms with E-state index in [0.717, 1.165) is 71.3 Å². The topological polar surface area (TPSA) is 582 Å². The number of para-hydroxylation sites is 3. The van der Waals surface area contributed by atoms with Crippen LogP contribution >= 0.6 is 23.2 Å². The van der Waals surface area contributed by atoms with Crippen LogP contribution in [-0.2, 0) is 74.8 Å². The Morgan fingerprint density at radius 1 is 0.399 bits per heavy atom. The minimum absolute atomic E-state index is 0.00971. The normalized spacial score (nSPS) is 27.6. The van der Waals surface area contributed by atoms with Gasteiger partial charge in [-0.05, 0) is 175 Å². The fraction of sp³-hybridized carbons (Fsp3) is 0.544. The molecule has 148 heavy (non-hydrogen) atoms. The molecule has 0 aliphatic carbocycles. The number of esters is 3. The van der Waals surface area contributed by atoms with Gasteiger partial charge in [0.05, 0.1) is 63.4 Å². The average Bonchev–Trinajstić information content (AvgIpc) is 1.58. The van der Waals surface area contributed by atoms with Crippen LogP contribution in [0.25, 0.3) is 44.7 Å². The van der Waals surface area contributed by atoms with Gasteiger partial charge in [-0.15, -0.1) is 0 Å². The molecule has 22 atom stereocenters. The SMILES string of the molecule is CCOc1nc(C)nc2c1ncn2[C@@H]1O[C@](F)(COP(=O)(NC(C)C(=O)OC(C)C)Oc2ccccc2)[C@@H](O)[C@@]1(C)F.CCOc1nc(C)nc2c1ncn2[C@@H]1O[C@](F)(CO[P@@](=O)(NC(C)C(=O)OC(C)C)Oc2ccccc2)[C@@H](O)[C@@]1(C)F.CCOc1nc(C)nc2c1ncn2[C@@H]1O[C@](F)(CO[P@](=O)(NC(C)C(=O)OC(C)C)Oc2ccccc2)[C@@H](O)[C@@]1(C)F.Cc1nc2c(ncn2[C@@H]2O[C@](F)(CO)[C@@H](O)[C@@]2(C)F)c(=O)[nH]1. The Kier molecular flexibility index (Phi) is 35.5. The number of halogens is 8. The number of rotatable bonds is 38. The first kappa shape index (κ1) is 115. The second-order valence-corrected chi connectivity index (χ2v) is 41.0. The third-order valence-electron chi connectivity index (χ3n) is 22.4. The van der Waals surface area contributed by atoms with E-state index in [2.05, 4.69) is 75.1 Å². The molecule has 11 aromatic rings. The number of aliphatic hydroxyl groups excluding tert-OH is 5. The predicted octanol–water partition coefficient (Wildman–Crippen LogP) is 11.6. The van der Waals surface area contributed by atoms with Crippen LogP contribution in [0.1, 0.15) is 159 Å². The Bertz CT molecular complexity index is 6200. The molecule has 12 heterocycles. The summed E-state index contributed by atoms with van der Waals surface area (Å²) in [7, 11) is -13.7. The molecular formula is C90H116F8N19O28P3. The molecule has 4 saturated heterocycles. The number of aromatic amines is 1. The number of ether oxygens (including phenoxy) is 10. The molecule has 0 saturated carbocycles. The number of carbonyl (C=O) groups excluding carboxylic acids is 3. The molecule has 0 spiro atoms. The van der Waals surface area contributed by atoms with Gasteiger partial charge >= 0.3 is 41.1 Å². The molecule has 0 amide bonds. The van der Waals surface area contributed by atoms with Crippen molar-refractivity contribution in [3.8, 4) is 34.9 Å². The first-order valence-corrected chi connectivity index (χ1v) is 50.8. The molecule has 47 nitrogen and oxygen atoms in total. The van der Waals surface area contributed by atoms with Crippen molar-refractivity contribution < 1.29 is 163 Å². The number of benzene rings is 3. The van der Waals surface area contributed by atoms with Crippen molar-refractivity contribution in [3.05, 3.63) is 150 Å². The number of imidazole rings is 4. The molecule has 8 aromatic heterocycles. The Morgan fingerprint density at radius 3 is 0.885 bits per heavy atom. The summed E-state index contributed by atoms with van der Waals surface area (Å²) in [6.45, 7) is 24.9. The monoisotopic (exact) mass is 2160 g/mol. The maximum atomic E-state index is 16.2. The second kappa shape index (κ2) is 45.7. The summed E-state index contributed by atoms with van der Waals surface area (Å²) in [6, 6.07) is 19.7. The lowest BCUT2D eigenvalue weighted by molar-refractivity contribution is -0.206. The van der Waals surface area contributed by atoms with Crippen LogP contribution in [0.3, 0.4) is 0 Å². The van der Waals surface area contributed by atoms with E-state index in [1.165, 1.54) is 64.1 Å². The van der Waals surface area contributed by atoms with Crippen molar-refractivity contribution in [2.75, 3.05) is 46.2 Å². The lowest BCUT2D eigenvalue weighted by Crippen LogP contribution is -2.47. The number of nitrogens with zero attached hydrogens (tertiary/aromatic N) is 15. The quantitative estimate of drug-likeness (QED) is 0.00751. The zero-order valence-electron chi connectivity index (χ0n) is 83.7. The van der Waals surface area contributed by atoms with Crippen LogP contribution in [0.2, 0.25) is 0 Å². The highest BCUT2D eigenvalue weighted by Crippen LogP contribution is 2.58. The van der Waals surface area contributed by atoms with Gasteiger partial charge in [0.15, 0.2) is 117 Å². The smallest absolute Gasteiger partial charge is 0.459 e. The van der Waals surface area contributed by atoms with Gasteiger partial charge in [0, 0.05) is 0 Å². The summed E-state index contributed by atoms with van der Waals surface area (Å²) in [6.07, 6.45) is -13.3. The largest absolute Gasteiger partial charge is 0.476 e. The van der Waals surface area contributed by atoms with Crippen LogP contribution in [0.15, 0.2) is 121 Å². The molecule has 58 heteroatoms. The fourth-order valence-corrected chi connectivity index (χ4v) is 19.9. The number of alkyl halides is 8. The van der Waals surface area contributed by atoms with E-state index in [1.54, 1.807) is 138 Å². The van der Waals surface area contributed by atoms with E-state index in [0.29, 0.717) is 0 Å². The molecule has 0 bridgehead atoms. The highest BCUT2D eigenvalue weighted by Gasteiger charge is 2.69. The van der Waals surface area contributed by atoms with Gasteiger partial charge in [-0.3, -0.25) is 51.0 Å². The zero-order valence-corrected chi connectivity index (χ0v) is 86.4. The Balaban J connectivity index is 0.000000179. The molecule has 810 valence electrons. The van der Waals surface area contributed by atoms with Crippen LogP contribution in [0, 0.1) is 27.7 Å². The second-order valence-electron chi connectivity index (χ2n) is 35.9. The molecular weight excluding hydrogens is 2040 g/mol. The Hall–Kier alpha value is -11.6. The van der Waals surface area contributed by atoms with Gasteiger partial charge < -0.3 is 91.5 Å². The number of aromatic nitrogens is 16. The van der Waals surface area contributed by atoms with E-state index >= 15 is 26.3 Å². The predicted molar refractivity (Wildman–Crippen MR) is 505 cm³/mol. The minimum atomic E-state index is -4.56. The number of H-pyrrole nitrogens is 1. The summed E-state index contributed by atoms with van der Waals surface area (Å²) >= 11 is 0. The number of hydrogen-bond donors (Lipinski definition) is 9. The van der Waals surface area contributed by atoms with Crippen molar-refractivity contribution in [2.24, 2.45) is 0 Å².